The molecule has 1 N–H and O–H groups in total. The first-order valence-corrected chi connectivity index (χ1v) is 10.0. The topological polar surface area (TPSA) is 83.4 Å². The molecule has 0 bridgehead atoms. The Morgan fingerprint density at radius 3 is 2.40 bits per heavy atom. The maximum absolute atomic E-state index is 13.4. The molecule has 154 valence electrons. The Hall–Kier alpha value is -3.68. The van der Waals surface area contributed by atoms with E-state index >= 15 is 0 Å². The maximum atomic E-state index is 13.4. The van der Waals surface area contributed by atoms with Crippen molar-refractivity contribution in [1.29, 1.82) is 0 Å². The fourth-order valence-corrected chi connectivity index (χ4v) is 3.51. The Bertz CT molecular complexity index is 1010. The molecule has 0 aliphatic carbocycles. The largest absolute Gasteiger partial charge is 0.338 e. The third-order valence-corrected chi connectivity index (χ3v) is 5.08. The molecule has 3 heterocycles. The monoisotopic (exact) mass is 404 g/mol. The fourth-order valence-electron chi connectivity index (χ4n) is 3.51. The number of urea groups is 1. The number of carbonyl (C=O) groups excluding carboxylic acids is 2. The lowest BCUT2D eigenvalue weighted by molar-refractivity contribution is 0.0666. The minimum Gasteiger partial charge on any atom is -0.338 e. The molecule has 0 radical (unpaired) electrons. The first kappa shape index (κ1) is 19.6. The first-order valence-electron chi connectivity index (χ1n) is 10.0. The molecule has 2 aromatic heterocycles. The van der Waals surface area contributed by atoms with E-state index in [1.165, 1.54) is 0 Å². The highest BCUT2D eigenvalue weighted by molar-refractivity contribution is 6.00. The molecular formula is C22H24N6O2. The summed E-state index contributed by atoms with van der Waals surface area (Å²) in [6.07, 6.45) is 5.18. The van der Waals surface area contributed by atoms with Crippen LogP contribution in [0, 0.1) is 0 Å². The van der Waals surface area contributed by atoms with Gasteiger partial charge in [0.05, 0.1) is 11.3 Å². The number of amides is 3. The Morgan fingerprint density at radius 2 is 1.73 bits per heavy atom. The van der Waals surface area contributed by atoms with Crippen LogP contribution in [0.1, 0.15) is 17.3 Å². The summed E-state index contributed by atoms with van der Waals surface area (Å²) in [5.41, 5.74) is 2.79. The Morgan fingerprint density at radius 1 is 1.00 bits per heavy atom. The van der Waals surface area contributed by atoms with Gasteiger partial charge in [0.1, 0.15) is 5.69 Å². The minimum absolute atomic E-state index is 0.0856. The van der Waals surface area contributed by atoms with E-state index in [4.69, 9.17) is 0 Å². The summed E-state index contributed by atoms with van der Waals surface area (Å²) in [5.74, 6) is -0.0911. The predicted octanol–water partition coefficient (Wildman–Crippen LogP) is 2.42. The first-order chi connectivity index (χ1) is 14.7. The average molecular weight is 404 g/mol. The number of hydrogen-bond donors (Lipinski definition) is 1. The summed E-state index contributed by atoms with van der Waals surface area (Å²) in [4.78, 5) is 33.1. The lowest BCUT2D eigenvalue weighted by atomic mass is 10.1. The molecule has 1 fully saturated rings. The van der Waals surface area contributed by atoms with Gasteiger partial charge < -0.3 is 15.1 Å². The molecule has 3 aromatic rings. The van der Waals surface area contributed by atoms with Gasteiger partial charge in [-0.25, -0.2) is 9.48 Å². The molecule has 1 aliphatic rings. The zero-order valence-corrected chi connectivity index (χ0v) is 16.9. The number of aromatic nitrogens is 3. The van der Waals surface area contributed by atoms with Crippen LogP contribution in [0.15, 0.2) is 61.1 Å². The van der Waals surface area contributed by atoms with Crippen molar-refractivity contribution >= 4 is 11.9 Å². The van der Waals surface area contributed by atoms with Crippen molar-refractivity contribution in [3.8, 4) is 16.9 Å². The van der Waals surface area contributed by atoms with Gasteiger partial charge in [0.25, 0.3) is 5.91 Å². The fraction of sp³-hybridized carbons (Fsp3) is 0.273. The van der Waals surface area contributed by atoms with Crippen LogP contribution in [-0.2, 0) is 0 Å². The van der Waals surface area contributed by atoms with E-state index in [0.717, 1.165) is 11.3 Å². The summed E-state index contributed by atoms with van der Waals surface area (Å²) in [6, 6.07) is 13.3. The van der Waals surface area contributed by atoms with Gasteiger partial charge in [0.15, 0.2) is 0 Å². The number of piperazine rings is 1. The summed E-state index contributed by atoms with van der Waals surface area (Å²) in [6.45, 7) is 4.46. The molecule has 1 aliphatic heterocycles. The summed E-state index contributed by atoms with van der Waals surface area (Å²) < 4.78 is 1.72. The highest BCUT2D eigenvalue weighted by Crippen LogP contribution is 2.25. The molecule has 0 saturated carbocycles. The third-order valence-electron chi connectivity index (χ3n) is 5.08. The van der Waals surface area contributed by atoms with E-state index in [9.17, 15) is 9.59 Å². The van der Waals surface area contributed by atoms with E-state index in [0.29, 0.717) is 44.0 Å². The average Bonchev–Trinajstić information content (AvgIpc) is 3.26. The van der Waals surface area contributed by atoms with Gasteiger partial charge in [-0.05, 0) is 31.2 Å². The molecule has 30 heavy (non-hydrogen) atoms. The van der Waals surface area contributed by atoms with Crippen molar-refractivity contribution in [1.82, 2.24) is 29.9 Å². The van der Waals surface area contributed by atoms with Crippen molar-refractivity contribution in [2.75, 3.05) is 32.7 Å². The SMILES string of the molecule is CCNC(=O)N1CCN(C(=O)c2cn(-c3ccccc3)nc2-c2cccnc2)CC1. The minimum atomic E-state index is -0.0911. The zero-order valence-electron chi connectivity index (χ0n) is 16.9. The summed E-state index contributed by atoms with van der Waals surface area (Å²) in [5, 5.41) is 7.50. The van der Waals surface area contributed by atoms with Crippen molar-refractivity contribution in [2.45, 2.75) is 6.92 Å². The van der Waals surface area contributed by atoms with Gasteiger partial charge in [-0.1, -0.05) is 18.2 Å². The van der Waals surface area contributed by atoms with Gasteiger partial charge in [0, 0.05) is 56.9 Å². The van der Waals surface area contributed by atoms with Gasteiger partial charge in [-0.3, -0.25) is 9.78 Å². The van der Waals surface area contributed by atoms with Gasteiger partial charge in [-0.15, -0.1) is 0 Å². The number of nitrogens with zero attached hydrogens (tertiary/aromatic N) is 5. The molecule has 0 atom stereocenters. The smallest absolute Gasteiger partial charge is 0.317 e. The molecule has 0 spiro atoms. The third kappa shape index (κ3) is 4.03. The second kappa shape index (κ2) is 8.77. The molecule has 8 nitrogen and oxygen atoms in total. The van der Waals surface area contributed by atoms with Crippen LogP contribution in [0.5, 0.6) is 0 Å². The maximum Gasteiger partial charge on any atom is 0.317 e. The van der Waals surface area contributed by atoms with Crippen molar-refractivity contribution in [3.63, 3.8) is 0 Å². The van der Waals surface area contributed by atoms with Crippen LogP contribution >= 0.6 is 0 Å². The number of para-hydroxylation sites is 1. The Kier molecular flexibility index (Phi) is 5.74. The Labute approximate surface area is 175 Å². The highest BCUT2D eigenvalue weighted by Gasteiger charge is 2.28. The van der Waals surface area contributed by atoms with Gasteiger partial charge in [0.2, 0.25) is 0 Å². The van der Waals surface area contributed by atoms with Crippen LogP contribution in [0.2, 0.25) is 0 Å². The zero-order chi connectivity index (χ0) is 20.9. The standard InChI is InChI=1S/C22H24N6O2/c1-2-24-22(30)27-13-11-26(12-14-27)21(29)19-16-28(18-8-4-3-5-9-18)25-20(19)17-7-6-10-23-15-17/h3-10,15-16H,2,11-14H2,1H3,(H,24,30). The molecule has 0 unspecified atom stereocenters. The number of nitrogens with one attached hydrogen (secondary N) is 1. The van der Waals surface area contributed by atoms with Crippen molar-refractivity contribution in [2.24, 2.45) is 0 Å². The number of carbonyl (C=O) groups is 2. The molecule has 8 heteroatoms. The van der Waals surface area contributed by atoms with Crippen molar-refractivity contribution < 1.29 is 9.59 Å². The highest BCUT2D eigenvalue weighted by atomic mass is 16.2. The quantitative estimate of drug-likeness (QED) is 0.724. The second-order valence-electron chi connectivity index (χ2n) is 7.03. The normalized spacial score (nSPS) is 13.9. The number of benzene rings is 1. The van der Waals surface area contributed by atoms with Crippen LogP contribution < -0.4 is 5.32 Å². The Balaban J connectivity index is 1.61. The second-order valence-corrected chi connectivity index (χ2v) is 7.03. The van der Waals surface area contributed by atoms with E-state index in [1.54, 1.807) is 33.1 Å². The predicted molar refractivity (Wildman–Crippen MR) is 113 cm³/mol. The van der Waals surface area contributed by atoms with E-state index in [-0.39, 0.29) is 11.9 Å². The lowest BCUT2D eigenvalue weighted by Gasteiger charge is -2.34. The van der Waals surface area contributed by atoms with Gasteiger partial charge >= 0.3 is 6.03 Å². The van der Waals surface area contributed by atoms with Crippen molar-refractivity contribution in [3.05, 3.63) is 66.6 Å². The number of pyridine rings is 1. The van der Waals surface area contributed by atoms with E-state index < -0.39 is 0 Å². The van der Waals surface area contributed by atoms with Gasteiger partial charge in [-0.2, -0.15) is 5.10 Å². The molecule has 1 saturated heterocycles. The van der Waals surface area contributed by atoms with Crippen LogP contribution in [0.4, 0.5) is 4.79 Å². The molecule has 3 amide bonds. The molecule has 4 rings (SSSR count). The van der Waals surface area contributed by atoms with Crippen LogP contribution in [0.3, 0.4) is 0 Å². The molecular weight excluding hydrogens is 380 g/mol. The number of hydrogen-bond acceptors (Lipinski definition) is 4. The van der Waals surface area contributed by atoms with E-state index in [1.807, 2.05) is 49.4 Å². The molecule has 1 aromatic carbocycles. The lowest BCUT2D eigenvalue weighted by Crippen LogP contribution is -2.53. The van der Waals surface area contributed by atoms with Crippen LogP contribution in [-0.4, -0.2) is 69.2 Å². The summed E-state index contributed by atoms with van der Waals surface area (Å²) in [7, 11) is 0. The van der Waals surface area contributed by atoms with Crippen LogP contribution in [0.25, 0.3) is 16.9 Å². The summed E-state index contributed by atoms with van der Waals surface area (Å²) >= 11 is 0. The van der Waals surface area contributed by atoms with E-state index in [2.05, 4.69) is 15.4 Å². The number of rotatable bonds is 4.